The zero-order valence-corrected chi connectivity index (χ0v) is 9.56. The third-order valence-electron chi connectivity index (χ3n) is 3.14. The number of rotatable bonds is 5. The van der Waals surface area contributed by atoms with Gasteiger partial charge in [0.1, 0.15) is 0 Å². The highest BCUT2D eigenvalue weighted by molar-refractivity contribution is 4.81. The zero-order valence-electron chi connectivity index (χ0n) is 9.56. The molecule has 0 aromatic carbocycles. The highest BCUT2D eigenvalue weighted by Crippen LogP contribution is 2.26. The van der Waals surface area contributed by atoms with E-state index in [0.29, 0.717) is 0 Å². The molecule has 1 fully saturated rings. The molecule has 1 rings (SSSR count). The molecule has 0 atom stereocenters. The normalized spacial score (nSPS) is 19.2. The van der Waals surface area contributed by atoms with Crippen LogP contribution in [0.5, 0.6) is 0 Å². The Morgan fingerprint density at radius 1 is 1.38 bits per heavy atom. The molecule has 0 bridgehead atoms. The van der Waals surface area contributed by atoms with Crippen molar-refractivity contribution in [3.8, 4) is 0 Å². The SMILES string of the molecule is CNC(C)(C)CN(C)CC1CCC1. The van der Waals surface area contributed by atoms with Crippen molar-refractivity contribution in [1.82, 2.24) is 10.2 Å². The van der Waals surface area contributed by atoms with Crippen molar-refractivity contribution < 1.29 is 0 Å². The molecule has 0 heterocycles. The summed E-state index contributed by atoms with van der Waals surface area (Å²) in [6.07, 6.45) is 4.35. The topological polar surface area (TPSA) is 15.3 Å². The minimum absolute atomic E-state index is 0.249. The van der Waals surface area contributed by atoms with E-state index in [4.69, 9.17) is 0 Å². The second-order valence-electron chi connectivity index (χ2n) is 5.13. The first-order valence-electron chi connectivity index (χ1n) is 5.41. The molecule has 0 aliphatic heterocycles. The van der Waals surface area contributed by atoms with Crippen molar-refractivity contribution in [2.45, 2.75) is 38.6 Å². The van der Waals surface area contributed by atoms with Crippen molar-refractivity contribution >= 4 is 0 Å². The third-order valence-corrected chi connectivity index (χ3v) is 3.14. The fraction of sp³-hybridized carbons (Fsp3) is 1.00. The summed E-state index contributed by atoms with van der Waals surface area (Å²) in [4.78, 5) is 2.46. The van der Waals surface area contributed by atoms with E-state index in [1.807, 2.05) is 7.05 Å². The summed E-state index contributed by atoms with van der Waals surface area (Å²) in [5.41, 5.74) is 0.249. The highest BCUT2D eigenvalue weighted by atomic mass is 15.1. The van der Waals surface area contributed by atoms with Crippen LogP contribution in [-0.4, -0.2) is 37.6 Å². The molecule has 0 aromatic heterocycles. The molecule has 0 saturated heterocycles. The van der Waals surface area contributed by atoms with Gasteiger partial charge in [-0.05, 0) is 46.7 Å². The third kappa shape index (κ3) is 3.65. The van der Waals surface area contributed by atoms with Crippen LogP contribution >= 0.6 is 0 Å². The minimum Gasteiger partial charge on any atom is -0.314 e. The van der Waals surface area contributed by atoms with E-state index >= 15 is 0 Å². The second kappa shape index (κ2) is 4.43. The van der Waals surface area contributed by atoms with E-state index in [0.717, 1.165) is 12.5 Å². The van der Waals surface area contributed by atoms with Crippen molar-refractivity contribution in [1.29, 1.82) is 0 Å². The number of likely N-dealkylation sites (N-methyl/N-ethyl adjacent to an activating group) is 2. The lowest BCUT2D eigenvalue weighted by Gasteiger charge is -2.35. The Labute approximate surface area is 82.7 Å². The summed E-state index contributed by atoms with van der Waals surface area (Å²) >= 11 is 0. The maximum Gasteiger partial charge on any atom is 0.0249 e. The molecular weight excluding hydrogens is 160 g/mol. The largest absolute Gasteiger partial charge is 0.314 e. The van der Waals surface area contributed by atoms with Gasteiger partial charge in [0.05, 0.1) is 0 Å². The number of hydrogen-bond donors (Lipinski definition) is 1. The average molecular weight is 184 g/mol. The molecule has 13 heavy (non-hydrogen) atoms. The summed E-state index contributed by atoms with van der Waals surface area (Å²) < 4.78 is 0. The quantitative estimate of drug-likeness (QED) is 0.700. The standard InChI is InChI=1S/C11H24N2/c1-11(2,12-3)9-13(4)8-10-6-5-7-10/h10,12H,5-9H2,1-4H3. The molecule has 1 saturated carbocycles. The second-order valence-corrected chi connectivity index (χ2v) is 5.13. The van der Waals surface area contributed by atoms with Crippen LogP contribution in [0.2, 0.25) is 0 Å². The van der Waals surface area contributed by atoms with Crippen LogP contribution in [-0.2, 0) is 0 Å². The average Bonchev–Trinajstić information content (AvgIpc) is 1.96. The van der Waals surface area contributed by atoms with E-state index in [2.05, 4.69) is 31.1 Å². The first-order valence-corrected chi connectivity index (χ1v) is 5.41. The molecule has 0 amide bonds. The molecule has 2 nitrogen and oxygen atoms in total. The maximum atomic E-state index is 3.34. The van der Waals surface area contributed by atoms with Gasteiger partial charge in [-0.3, -0.25) is 0 Å². The fourth-order valence-corrected chi connectivity index (χ4v) is 1.93. The van der Waals surface area contributed by atoms with Crippen molar-refractivity contribution in [2.24, 2.45) is 5.92 Å². The zero-order chi connectivity index (χ0) is 9.90. The summed E-state index contributed by atoms with van der Waals surface area (Å²) in [7, 11) is 4.27. The molecule has 2 heteroatoms. The van der Waals surface area contributed by atoms with Gasteiger partial charge in [-0.2, -0.15) is 0 Å². The van der Waals surface area contributed by atoms with Gasteiger partial charge in [-0.25, -0.2) is 0 Å². The Balaban J connectivity index is 2.19. The summed E-state index contributed by atoms with van der Waals surface area (Å²) in [6, 6.07) is 0. The van der Waals surface area contributed by atoms with E-state index in [-0.39, 0.29) is 5.54 Å². The first kappa shape index (κ1) is 11.0. The Bertz CT molecular complexity index is 150. The molecule has 0 radical (unpaired) electrons. The monoisotopic (exact) mass is 184 g/mol. The number of hydrogen-bond acceptors (Lipinski definition) is 2. The van der Waals surface area contributed by atoms with Gasteiger partial charge in [0, 0.05) is 18.6 Å². The van der Waals surface area contributed by atoms with Crippen LogP contribution in [0.15, 0.2) is 0 Å². The Morgan fingerprint density at radius 2 is 2.00 bits per heavy atom. The smallest absolute Gasteiger partial charge is 0.0249 e. The van der Waals surface area contributed by atoms with Crippen molar-refractivity contribution in [3.63, 3.8) is 0 Å². The first-order chi connectivity index (χ1) is 6.03. The molecule has 1 aliphatic rings. The lowest BCUT2D eigenvalue weighted by Crippen LogP contribution is -2.47. The van der Waals surface area contributed by atoms with Crippen LogP contribution < -0.4 is 5.32 Å². The lowest BCUT2D eigenvalue weighted by atomic mass is 9.85. The Morgan fingerprint density at radius 3 is 2.38 bits per heavy atom. The molecule has 1 N–H and O–H groups in total. The molecule has 0 spiro atoms. The number of nitrogens with zero attached hydrogens (tertiary/aromatic N) is 1. The molecule has 78 valence electrons. The van der Waals surface area contributed by atoms with Crippen LogP contribution in [0.4, 0.5) is 0 Å². The van der Waals surface area contributed by atoms with Gasteiger partial charge in [0.15, 0.2) is 0 Å². The number of nitrogens with one attached hydrogen (secondary N) is 1. The molecular formula is C11H24N2. The van der Waals surface area contributed by atoms with Gasteiger partial charge < -0.3 is 10.2 Å². The van der Waals surface area contributed by atoms with E-state index < -0.39 is 0 Å². The predicted octanol–water partition coefficient (Wildman–Crippen LogP) is 1.72. The van der Waals surface area contributed by atoms with Crippen LogP contribution in [0.3, 0.4) is 0 Å². The van der Waals surface area contributed by atoms with Crippen LogP contribution in [0.25, 0.3) is 0 Å². The summed E-state index contributed by atoms with van der Waals surface area (Å²) in [6.45, 7) is 6.93. The van der Waals surface area contributed by atoms with Gasteiger partial charge in [-0.15, -0.1) is 0 Å². The summed E-state index contributed by atoms with van der Waals surface area (Å²) in [5, 5.41) is 3.34. The fourth-order valence-electron chi connectivity index (χ4n) is 1.93. The van der Waals surface area contributed by atoms with Gasteiger partial charge in [0.2, 0.25) is 0 Å². The lowest BCUT2D eigenvalue weighted by molar-refractivity contribution is 0.173. The van der Waals surface area contributed by atoms with Gasteiger partial charge in [-0.1, -0.05) is 6.42 Å². The van der Waals surface area contributed by atoms with Crippen LogP contribution in [0.1, 0.15) is 33.1 Å². The molecule has 1 aliphatic carbocycles. The van der Waals surface area contributed by atoms with Crippen molar-refractivity contribution in [2.75, 3.05) is 27.2 Å². The van der Waals surface area contributed by atoms with Gasteiger partial charge in [0.25, 0.3) is 0 Å². The summed E-state index contributed by atoms with van der Waals surface area (Å²) in [5.74, 6) is 0.984. The minimum atomic E-state index is 0.249. The highest BCUT2D eigenvalue weighted by Gasteiger charge is 2.22. The van der Waals surface area contributed by atoms with Gasteiger partial charge >= 0.3 is 0 Å². The van der Waals surface area contributed by atoms with E-state index in [1.54, 1.807) is 0 Å². The molecule has 0 unspecified atom stereocenters. The van der Waals surface area contributed by atoms with E-state index in [9.17, 15) is 0 Å². The maximum absolute atomic E-state index is 3.34. The Kier molecular flexibility index (Phi) is 3.74. The molecule has 0 aromatic rings. The predicted molar refractivity (Wildman–Crippen MR) is 58.0 cm³/mol. The van der Waals surface area contributed by atoms with E-state index in [1.165, 1.54) is 25.8 Å². The Hall–Kier alpha value is -0.0800. The van der Waals surface area contributed by atoms with Crippen molar-refractivity contribution in [3.05, 3.63) is 0 Å². The van der Waals surface area contributed by atoms with Crippen LogP contribution in [0, 0.1) is 5.92 Å².